The second kappa shape index (κ2) is 2.28. The Morgan fingerprint density at radius 1 is 1.71 bits per heavy atom. The molecule has 1 aliphatic rings. The highest BCUT2D eigenvalue weighted by atomic mass is 17.2. The molecule has 2 nitrogen and oxygen atoms in total. The van der Waals surface area contributed by atoms with Gasteiger partial charge in [-0.1, -0.05) is 6.92 Å². The van der Waals surface area contributed by atoms with E-state index in [4.69, 9.17) is 4.89 Å². The summed E-state index contributed by atoms with van der Waals surface area (Å²) in [5.41, 5.74) is 0. The Kier molecular flexibility index (Phi) is 1.65. The molecule has 1 aliphatic heterocycles. The van der Waals surface area contributed by atoms with Gasteiger partial charge in [-0.2, -0.15) is 0 Å². The molecule has 0 bridgehead atoms. The molecule has 0 aliphatic carbocycles. The minimum absolute atomic E-state index is 0.250. The Balaban J connectivity index is 2.14. The molecular formula is C5H9O2. The highest BCUT2D eigenvalue weighted by Gasteiger charge is 2.13. The standard InChI is InChI=1S/C5H9O2/c1-2-5-3-4-6-7-5/h2,5H,3-4H2,1H3. The quantitative estimate of drug-likeness (QED) is 0.457. The van der Waals surface area contributed by atoms with Gasteiger partial charge in [0.2, 0.25) is 0 Å². The van der Waals surface area contributed by atoms with Gasteiger partial charge >= 0.3 is 0 Å². The molecule has 1 rings (SSSR count). The smallest absolute Gasteiger partial charge is 0.0982 e. The van der Waals surface area contributed by atoms with Crippen LogP contribution in [0.2, 0.25) is 0 Å². The van der Waals surface area contributed by atoms with E-state index in [0.29, 0.717) is 0 Å². The van der Waals surface area contributed by atoms with Crippen LogP contribution in [0.15, 0.2) is 0 Å². The highest BCUT2D eigenvalue weighted by Crippen LogP contribution is 2.09. The Morgan fingerprint density at radius 2 is 2.57 bits per heavy atom. The van der Waals surface area contributed by atoms with Gasteiger partial charge in [-0.15, -0.1) is 0 Å². The van der Waals surface area contributed by atoms with E-state index in [2.05, 4.69) is 4.89 Å². The van der Waals surface area contributed by atoms with Gasteiger partial charge in [-0.3, -0.25) is 0 Å². The van der Waals surface area contributed by atoms with Crippen molar-refractivity contribution in [2.24, 2.45) is 0 Å². The van der Waals surface area contributed by atoms with Gasteiger partial charge in [0, 0.05) is 6.42 Å². The van der Waals surface area contributed by atoms with Gasteiger partial charge in [0.1, 0.15) is 0 Å². The van der Waals surface area contributed by atoms with Crippen LogP contribution in [-0.4, -0.2) is 12.7 Å². The molecule has 0 amide bonds. The van der Waals surface area contributed by atoms with Gasteiger partial charge in [0.05, 0.1) is 12.7 Å². The average Bonchev–Trinajstić information content (AvgIpc) is 2.14. The molecule has 41 valence electrons. The van der Waals surface area contributed by atoms with E-state index in [1.807, 2.05) is 13.3 Å². The Labute approximate surface area is 43.3 Å². The number of hydrogen-bond donors (Lipinski definition) is 0. The van der Waals surface area contributed by atoms with Crippen LogP contribution >= 0.6 is 0 Å². The van der Waals surface area contributed by atoms with Gasteiger partial charge in [0.25, 0.3) is 0 Å². The first kappa shape index (κ1) is 5.06. The Hall–Kier alpha value is -0.0800. The molecule has 1 heterocycles. The molecule has 1 radical (unpaired) electrons. The summed E-state index contributed by atoms with van der Waals surface area (Å²) < 4.78 is 0. The van der Waals surface area contributed by atoms with Crippen molar-refractivity contribution in [3.63, 3.8) is 0 Å². The van der Waals surface area contributed by atoms with Crippen molar-refractivity contribution in [2.45, 2.75) is 19.4 Å². The molecular weight excluding hydrogens is 92.1 g/mol. The summed E-state index contributed by atoms with van der Waals surface area (Å²) in [6.07, 6.45) is 3.25. The third-order valence-corrected chi connectivity index (χ3v) is 1.05. The van der Waals surface area contributed by atoms with E-state index >= 15 is 0 Å². The van der Waals surface area contributed by atoms with Crippen LogP contribution in [-0.2, 0) is 9.78 Å². The minimum Gasteiger partial charge on any atom is -0.236 e. The Bertz CT molecular complexity index is 48.0. The molecule has 0 aromatic heterocycles. The van der Waals surface area contributed by atoms with Gasteiger partial charge < -0.3 is 0 Å². The van der Waals surface area contributed by atoms with E-state index in [1.54, 1.807) is 0 Å². The lowest BCUT2D eigenvalue weighted by molar-refractivity contribution is -0.267. The van der Waals surface area contributed by atoms with Gasteiger partial charge in [0.15, 0.2) is 0 Å². The van der Waals surface area contributed by atoms with Crippen LogP contribution < -0.4 is 0 Å². The highest BCUT2D eigenvalue weighted by molar-refractivity contribution is 4.71. The van der Waals surface area contributed by atoms with Crippen molar-refractivity contribution < 1.29 is 9.78 Å². The number of hydrogen-bond acceptors (Lipinski definition) is 2. The van der Waals surface area contributed by atoms with E-state index in [1.165, 1.54) is 0 Å². The van der Waals surface area contributed by atoms with E-state index in [-0.39, 0.29) is 6.10 Å². The van der Waals surface area contributed by atoms with Crippen molar-refractivity contribution in [3.8, 4) is 0 Å². The van der Waals surface area contributed by atoms with Crippen LogP contribution in [0.4, 0.5) is 0 Å². The lowest BCUT2D eigenvalue weighted by atomic mass is 10.2. The Morgan fingerprint density at radius 3 is 2.86 bits per heavy atom. The lowest BCUT2D eigenvalue weighted by Crippen LogP contribution is -2.01. The van der Waals surface area contributed by atoms with Crippen LogP contribution in [0, 0.1) is 6.42 Å². The van der Waals surface area contributed by atoms with Crippen LogP contribution in [0.3, 0.4) is 0 Å². The predicted octanol–water partition coefficient (Wildman–Crippen LogP) is 0.931. The van der Waals surface area contributed by atoms with Crippen molar-refractivity contribution >= 4 is 0 Å². The molecule has 7 heavy (non-hydrogen) atoms. The predicted molar refractivity (Wildman–Crippen MR) is 25.4 cm³/mol. The maximum atomic E-state index is 4.75. The van der Waals surface area contributed by atoms with E-state index in [0.717, 1.165) is 13.0 Å². The minimum atomic E-state index is 0.250. The summed E-state index contributed by atoms with van der Waals surface area (Å²) in [6, 6.07) is 0. The first-order valence-corrected chi connectivity index (χ1v) is 2.51. The molecule has 1 saturated heterocycles. The SMILES string of the molecule is C[CH]C1CCOO1. The van der Waals surface area contributed by atoms with E-state index < -0.39 is 0 Å². The summed E-state index contributed by atoms with van der Waals surface area (Å²) in [7, 11) is 0. The molecule has 0 aromatic carbocycles. The zero-order chi connectivity index (χ0) is 5.11. The molecule has 1 atom stereocenters. The van der Waals surface area contributed by atoms with Gasteiger partial charge in [-0.05, 0) is 6.42 Å². The fourth-order valence-electron chi connectivity index (χ4n) is 0.570. The summed E-state index contributed by atoms with van der Waals surface area (Å²) in [5.74, 6) is 0. The number of rotatable bonds is 1. The average molecular weight is 101 g/mol. The van der Waals surface area contributed by atoms with Crippen LogP contribution in [0.25, 0.3) is 0 Å². The second-order valence-corrected chi connectivity index (χ2v) is 1.58. The van der Waals surface area contributed by atoms with Crippen molar-refractivity contribution in [1.82, 2.24) is 0 Å². The fraction of sp³-hybridized carbons (Fsp3) is 0.800. The summed E-state index contributed by atoms with van der Waals surface area (Å²) in [5, 5.41) is 0. The third-order valence-electron chi connectivity index (χ3n) is 1.05. The first-order valence-electron chi connectivity index (χ1n) is 2.51. The molecule has 1 fully saturated rings. The first-order chi connectivity index (χ1) is 3.43. The third kappa shape index (κ3) is 1.14. The van der Waals surface area contributed by atoms with Crippen molar-refractivity contribution in [1.29, 1.82) is 0 Å². The van der Waals surface area contributed by atoms with Crippen molar-refractivity contribution in [2.75, 3.05) is 6.61 Å². The molecule has 0 spiro atoms. The second-order valence-electron chi connectivity index (χ2n) is 1.58. The topological polar surface area (TPSA) is 18.5 Å². The molecule has 1 unspecified atom stereocenters. The fourth-order valence-corrected chi connectivity index (χ4v) is 0.570. The maximum Gasteiger partial charge on any atom is 0.0982 e. The zero-order valence-electron chi connectivity index (χ0n) is 4.39. The molecule has 2 heteroatoms. The molecule has 0 saturated carbocycles. The molecule has 0 N–H and O–H groups in total. The zero-order valence-corrected chi connectivity index (χ0v) is 4.39. The monoisotopic (exact) mass is 101 g/mol. The lowest BCUT2D eigenvalue weighted by Gasteiger charge is -1.97. The normalized spacial score (nSPS) is 31.3. The summed E-state index contributed by atoms with van der Waals surface area (Å²) >= 11 is 0. The van der Waals surface area contributed by atoms with Crippen LogP contribution in [0.5, 0.6) is 0 Å². The van der Waals surface area contributed by atoms with Crippen molar-refractivity contribution in [3.05, 3.63) is 6.42 Å². The summed E-state index contributed by atoms with van der Waals surface area (Å²) in [4.78, 5) is 9.36. The van der Waals surface area contributed by atoms with Crippen LogP contribution in [0.1, 0.15) is 13.3 Å². The van der Waals surface area contributed by atoms with Gasteiger partial charge in [-0.25, -0.2) is 9.78 Å². The largest absolute Gasteiger partial charge is 0.236 e. The molecule has 0 aromatic rings. The summed E-state index contributed by atoms with van der Waals surface area (Å²) in [6.45, 7) is 2.72. The maximum absolute atomic E-state index is 4.75. The van der Waals surface area contributed by atoms with E-state index in [9.17, 15) is 0 Å².